The fourth-order valence-corrected chi connectivity index (χ4v) is 4.03. The van der Waals surface area contributed by atoms with Crippen LogP contribution in [0.5, 0.6) is 0 Å². The van der Waals surface area contributed by atoms with E-state index in [1.54, 1.807) is 12.3 Å². The second-order valence-corrected chi connectivity index (χ2v) is 7.60. The summed E-state index contributed by atoms with van der Waals surface area (Å²) in [5.74, 6) is 0.720. The number of hydrogen-bond donors (Lipinski definition) is 2. The molecule has 1 aliphatic rings. The van der Waals surface area contributed by atoms with Crippen LogP contribution in [0.3, 0.4) is 0 Å². The lowest BCUT2D eigenvalue weighted by atomic mass is 10.1. The maximum atomic E-state index is 12.5. The van der Waals surface area contributed by atoms with Gasteiger partial charge in [-0.2, -0.15) is 0 Å². The van der Waals surface area contributed by atoms with E-state index in [2.05, 4.69) is 10.0 Å². The minimum atomic E-state index is -3.42. The van der Waals surface area contributed by atoms with Gasteiger partial charge in [0.25, 0.3) is 0 Å². The number of nitrogens with zero attached hydrogens (tertiary/aromatic N) is 1. The third-order valence-corrected chi connectivity index (χ3v) is 5.59. The van der Waals surface area contributed by atoms with Gasteiger partial charge in [-0.25, -0.2) is 13.1 Å². The van der Waals surface area contributed by atoms with Gasteiger partial charge in [0, 0.05) is 31.0 Å². The highest BCUT2D eigenvalue weighted by molar-refractivity contribution is 7.89. The minimum absolute atomic E-state index is 0.0558. The van der Waals surface area contributed by atoms with E-state index in [9.17, 15) is 8.42 Å². The van der Waals surface area contributed by atoms with Crippen molar-refractivity contribution in [2.24, 2.45) is 5.92 Å². The molecule has 0 aromatic carbocycles. The molecule has 2 N–H and O–H groups in total. The molecule has 1 aromatic rings. The quantitative estimate of drug-likeness (QED) is 0.734. The Labute approximate surface area is 128 Å². The van der Waals surface area contributed by atoms with Gasteiger partial charge in [-0.1, -0.05) is 19.8 Å². The highest BCUT2D eigenvalue weighted by atomic mass is 32.2. The predicted molar refractivity (Wildman–Crippen MR) is 84.6 cm³/mol. The molecule has 1 saturated carbocycles. The second kappa shape index (κ2) is 6.94. The van der Waals surface area contributed by atoms with Gasteiger partial charge in [0.15, 0.2) is 0 Å². The summed E-state index contributed by atoms with van der Waals surface area (Å²) in [7, 11) is -1.55. The molecule has 1 aliphatic carbocycles. The first-order valence-corrected chi connectivity index (χ1v) is 9.34. The molecule has 6 heteroatoms. The first-order chi connectivity index (χ1) is 10.00. The molecule has 1 unspecified atom stereocenters. The van der Waals surface area contributed by atoms with Gasteiger partial charge in [-0.05, 0) is 38.8 Å². The summed E-state index contributed by atoms with van der Waals surface area (Å²) < 4.78 is 29.9. The topological polar surface area (TPSA) is 63.1 Å². The van der Waals surface area contributed by atoms with Crippen molar-refractivity contribution >= 4 is 10.0 Å². The number of sulfonamides is 1. The first kappa shape index (κ1) is 16.5. The van der Waals surface area contributed by atoms with Crippen LogP contribution in [-0.2, 0) is 23.1 Å². The summed E-state index contributed by atoms with van der Waals surface area (Å²) in [5, 5.41) is 3.07. The standard InChI is InChI=1S/C15H27N3O2S/c1-4-13(8-12-6-7-12)17-21(19,20)15-9-14(10-16-3)18(5-2)11-15/h9,11-13,16-17H,4-8,10H2,1-3H3. The molecule has 0 saturated heterocycles. The van der Waals surface area contributed by atoms with Crippen molar-refractivity contribution < 1.29 is 8.42 Å². The fraction of sp³-hybridized carbons (Fsp3) is 0.733. The Morgan fingerprint density at radius 2 is 2.10 bits per heavy atom. The molecular formula is C15H27N3O2S. The number of rotatable bonds is 9. The highest BCUT2D eigenvalue weighted by Gasteiger charge is 2.28. The Balaban J connectivity index is 2.13. The maximum absolute atomic E-state index is 12.5. The highest BCUT2D eigenvalue weighted by Crippen LogP contribution is 2.34. The van der Waals surface area contributed by atoms with E-state index in [1.807, 2.05) is 25.5 Å². The summed E-state index contributed by atoms with van der Waals surface area (Å²) in [4.78, 5) is 0.379. The lowest BCUT2D eigenvalue weighted by molar-refractivity contribution is 0.495. The molecule has 21 heavy (non-hydrogen) atoms. The average molecular weight is 313 g/mol. The largest absolute Gasteiger partial charge is 0.349 e. The monoisotopic (exact) mass is 313 g/mol. The van der Waals surface area contributed by atoms with Crippen LogP contribution in [0, 0.1) is 5.92 Å². The Hall–Kier alpha value is -0.850. The zero-order valence-corrected chi connectivity index (χ0v) is 14.0. The molecule has 0 aliphatic heterocycles. The molecule has 1 atom stereocenters. The summed E-state index contributed by atoms with van der Waals surface area (Å²) in [6.45, 7) is 5.50. The third kappa shape index (κ3) is 4.31. The van der Waals surface area contributed by atoms with E-state index in [0.29, 0.717) is 11.4 Å². The molecule has 2 rings (SSSR count). The van der Waals surface area contributed by atoms with E-state index in [4.69, 9.17) is 0 Å². The van der Waals surface area contributed by atoms with Crippen molar-refractivity contribution in [2.75, 3.05) is 7.05 Å². The summed E-state index contributed by atoms with van der Waals surface area (Å²) >= 11 is 0. The first-order valence-electron chi connectivity index (χ1n) is 7.86. The predicted octanol–water partition coefficient (Wildman–Crippen LogP) is 2.08. The van der Waals surface area contributed by atoms with Crippen molar-refractivity contribution in [1.29, 1.82) is 0 Å². The lowest BCUT2D eigenvalue weighted by Gasteiger charge is -2.16. The van der Waals surface area contributed by atoms with Gasteiger partial charge in [0.1, 0.15) is 0 Å². The normalized spacial score (nSPS) is 17.1. The average Bonchev–Trinajstić information content (AvgIpc) is 3.16. The molecular weight excluding hydrogens is 286 g/mol. The number of hydrogen-bond acceptors (Lipinski definition) is 3. The fourth-order valence-electron chi connectivity index (χ4n) is 2.64. The van der Waals surface area contributed by atoms with Gasteiger partial charge in [0.05, 0.1) is 4.90 Å². The molecule has 0 spiro atoms. The second-order valence-electron chi connectivity index (χ2n) is 5.89. The molecule has 1 fully saturated rings. The van der Waals surface area contributed by atoms with Crippen LogP contribution in [0.25, 0.3) is 0 Å². The molecule has 0 radical (unpaired) electrons. The Morgan fingerprint density at radius 1 is 1.38 bits per heavy atom. The van der Waals surface area contributed by atoms with Crippen molar-refractivity contribution in [3.8, 4) is 0 Å². The molecule has 5 nitrogen and oxygen atoms in total. The van der Waals surface area contributed by atoms with Crippen molar-refractivity contribution in [3.63, 3.8) is 0 Å². The Morgan fingerprint density at radius 3 is 2.62 bits per heavy atom. The zero-order valence-electron chi connectivity index (χ0n) is 13.2. The van der Waals surface area contributed by atoms with Crippen molar-refractivity contribution in [2.45, 2.75) is 63.6 Å². The number of aromatic nitrogens is 1. The van der Waals surface area contributed by atoms with E-state index in [0.717, 1.165) is 31.0 Å². The molecule has 0 bridgehead atoms. The number of aryl methyl sites for hydroxylation is 1. The van der Waals surface area contributed by atoms with Crippen LogP contribution in [0.2, 0.25) is 0 Å². The molecule has 1 aromatic heterocycles. The Bertz CT molecular complexity index is 561. The van der Waals surface area contributed by atoms with Crippen LogP contribution in [0.15, 0.2) is 17.2 Å². The van der Waals surface area contributed by atoms with Crippen LogP contribution in [-0.4, -0.2) is 26.1 Å². The molecule has 0 amide bonds. The van der Waals surface area contributed by atoms with Crippen LogP contribution < -0.4 is 10.0 Å². The van der Waals surface area contributed by atoms with Gasteiger partial charge in [-0.3, -0.25) is 0 Å². The van der Waals surface area contributed by atoms with Gasteiger partial charge >= 0.3 is 0 Å². The maximum Gasteiger partial charge on any atom is 0.242 e. The summed E-state index contributed by atoms with van der Waals surface area (Å²) in [6, 6.07) is 1.83. The van der Waals surface area contributed by atoms with Gasteiger partial charge < -0.3 is 9.88 Å². The number of nitrogens with one attached hydrogen (secondary N) is 2. The van der Waals surface area contributed by atoms with E-state index < -0.39 is 10.0 Å². The zero-order chi connectivity index (χ0) is 15.5. The molecule has 120 valence electrons. The lowest BCUT2D eigenvalue weighted by Crippen LogP contribution is -2.34. The summed E-state index contributed by atoms with van der Waals surface area (Å²) in [6.07, 6.45) is 6.04. The van der Waals surface area contributed by atoms with Crippen LogP contribution in [0.1, 0.15) is 45.2 Å². The van der Waals surface area contributed by atoms with E-state index >= 15 is 0 Å². The molecule has 1 heterocycles. The minimum Gasteiger partial charge on any atom is -0.349 e. The van der Waals surface area contributed by atoms with Gasteiger partial charge in [-0.15, -0.1) is 0 Å². The summed E-state index contributed by atoms with van der Waals surface area (Å²) in [5.41, 5.74) is 0.996. The van der Waals surface area contributed by atoms with Crippen LogP contribution in [0.4, 0.5) is 0 Å². The van der Waals surface area contributed by atoms with Crippen LogP contribution >= 0.6 is 0 Å². The van der Waals surface area contributed by atoms with Crippen molar-refractivity contribution in [1.82, 2.24) is 14.6 Å². The van der Waals surface area contributed by atoms with E-state index in [-0.39, 0.29) is 6.04 Å². The SMILES string of the molecule is CCC(CC1CC1)NS(=O)(=O)c1cc(CNC)n(CC)c1. The Kier molecular flexibility index (Phi) is 5.46. The third-order valence-electron chi connectivity index (χ3n) is 4.10. The van der Waals surface area contributed by atoms with Gasteiger partial charge in [0.2, 0.25) is 10.0 Å². The smallest absolute Gasteiger partial charge is 0.242 e. The van der Waals surface area contributed by atoms with Crippen molar-refractivity contribution in [3.05, 3.63) is 18.0 Å². The van der Waals surface area contributed by atoms with E-state index in [1.165, 1.54) is 12.8 Å².